The Kier molecular flexibility index (Phi) is 2.85. The zero-order valence-electron chi connectivity index (χ0n) is 7.71. The van der Waals surface area contributed by atoms with Gasteiger partial charge in [0.05, 0.1) is 0 Å². The molecule has 2 nitrogen and oxygen atoms in total. The third-order valence-corrected chi connectivity index (χ3v) is 1.95. The van der Waals surface area contributed by atoms with E-state index in [0.717, 1.165) is 5.56 Å². The molecule has 0 bridgehead atoms. The summed E-state index contributed by atoms with van der Waals surface area (Å²) in [6, 6.07) is 5.25. The molecule has 0 aromatic heterocycles. The largest absolute Gasteiger partial charge is 0.398 e. The number of rotatable bonds is 3. The van der Waals surface area contributed by atoms with Gasteiger partial charge in [-0.2, -0.15) is 0 Å². The van der Waals surface area contributed by atoms with Crippen molar-refractivity contribution in [2.75, 3.05) is 5.73 Å². The minimum absolute atomic E-state index is 0.128. The van der Waals surface area contributed by atoms with Crippen molar-refractivity contribution in [3.05, 3.63) is 35.9 Å². The first-order chi connectivity index (χ1) is 6.19. The van der Waals surface area contributed by atoms with Crippen LogP contribution in [0.25, 0.3) is 6.08 Å². The fourth-order valence-electron chi connectivity index (χ4n) is 1.13. The second-order valence-electron chi connectivity index (χ2n) is 2.82. The van der Waals surface area contributed by atoms with E-state index in [-0.39, 0.29) is 5.78 Å². The molecule has 0 saturated carbocycles. The second kappa shape index (κ2) is 3.90. The molecule has 0 heterocycles. The van der Waals surface area contributed by atoms with Crippen molar-refractivity contribution >= 4 is 17.5 Å². The number of hydrogen-bond acceptors (Lipinski definition) is 2. The Balaban J connectivity index is 3.13. The van der Waals surface area contributed by atoms with E-state index in [0.29, 0.717) is 17.7 Å². The second-order valence-corrected chi connectivity index (χ2v) is 2.82. The zero-order chi connectivity index (χ0) is 9.84. The molecule has 2 heteroatoms. The number of carbonyl (C=O) groups is 1. The van der Waals surface area contributed by atoms with Crippen molar-refractivity contribution in [3.63, 3.8) is 0 Å². The van der Waals surface area contributed by atoms with Gasteiger partial charge in [0, 0.05) is 17.7 Å². The van der Waals surface area contributed by atoms with Crippen LogP contribution in [-0.4, -0.2) is 5.78 Å². The van der Waals surface area contributed by atoms with Gasteiger partial charge in [-0.3, -0.25) is 4.79 Å². The van der Waals surface area contributed by atoms with Gasteiger partial charge in [0.15, 0.2) is 5.78 Å². The highest BCUT2D eigenvalue weighted by molar-refractivity contribution is 5.97. The molecular weight excluding hydrogens is 162 g/mol. The van der Waals surface area contributed by atoms with E-state index in [4.69, 9.17) is 5.73 Å². The van der Waals surface area contributed by atoms with Crippen LogP contribution in [0.2, 0.25) is 0 Å². The minimum atomic E-state index is 0.128. The molecule has 0 fully saturated rings. The summed E-state index contributed by atoms with van der Waals surface area (Å²) in [5, 5.41) is 0. The average Bonchev–Trinajstić information content (AvgIpc) is 2.17. The fraction of sp³-hybridized carbons (Fsp3) is 0.182. The highest BCUT2D eigenvalue weighted by Crippen LogP contribution is 2.16. The Bertz CT molecular complexity index is 342. The van der Waals surface area contributed by atoms with Crippen molar-refractivity contribution < 1.29 is 4.79 Å². The summed E-state index contributed by atoms with van der Waals surface area (Å²) in [5.41, 5.74) is 7.83. The van der Waals surface area contributed by atoms with Crippen LogP contribution in [0, 0.1) is 0 Å². The lowest BCUT2D eigenvalue weighted by atomic mass is 10.0. The van der Waals surface area contributed by atoms with Crippen LogP contribution in [0.5, 0.6) is 0 Å². The third kappa shape index (κ3) is 1.96. The van der Waals surface area contributed by atoms with Gasteiger partial charge in [0.1, 0.15) is 0 Å². The summed E-state index contributed by atoms with van der Waals surface area (Å²) < 4.78 is 0. The molecule has 0 aliphatic rings. The predicted octanol–water partition coefficient (Wildman–Crippen LogP) is 2.50. The number of benzene rings is 1. The van der Waals surface area contributed by atoms with Gasteiger partial charge in [-0.05, 0) is 23.8 Å². The zero-order valence-corrected chi connectivity index (χ0v) is 7.71. The van der Waals surface area contributed by atoms with Gasteiger partial charge in [-0.15, -0.1) is 0 Å². The van der Waals surface area contributed by atoms with Crippen LogP contribution >= 0.6 is 0 Å². The van der Waals surface area contributed by atoms with E-state index in [2.05, 4.69) is 6.58 Å². The van der Waals surface area contributed by atoms with Gasteiger partial charge in [-0.25, -0.2) is 0 Å². The predicted molar refractivity (Wildman–Crippen MR) is 55.6 cm³/mol. The molecule has 2 N–H and O–H groups in total. The Hall–Kier alpha value is -1.57. The molecule has 13 heavy (non-hydrogen) atoms. The molecular formula is C11H13NO. The third-order valence-electron chi connectivity index (χ3n) is 1.95. The van der Waals surface area contributed by atoms with Crippen LogP contribution in [0.1, 0.15) is 29.3 Å². The van der Waals surface area contributed by atoms with Gasteiger partial charge in [0.2, 0.25) is 0 Å². The first-order valence-electron chi connectivity index (χ1n) is 4.24. The normalized spacial score (nSPS) is 9.62. The van der Waals surface area contributed by atoms with Crippen molar-refractivity contribution in [2.45, 2.75) is 13.3 Å². The summed E-state index contributed by atoms with van der Waals surface area (Å²) in [7, 11) is 0. The summed E-state index contributed by atoms with van der Waals surface area (Å²) in [5.74, 6) is 0.128. The van der Waals surface area contributed by atoms with Crippen LogP contribution in [0.15, 0.2) is 24.8 Å². The molecule has 0 spiro atoms. The number of carbonyl (C=O) groups excluding carboxylic acids is 1. The van der Waals surface area contributed by atoms with Gasteiger partial charge in [-0.1, -0.05) is 19.6 Å². The van der Waals surface area contributed by atoms with E-state index < -0.39 is 0 Å². The van der Waals surface area contributed by atoms with Gasteiger partial charge in [0.25, 0.3) is 0 Å². The highest BCUT2D eigenvalue weighted by Gasteiger charge is 2.04. The maximum absolute atomic E-state index is 11.3. The lowest BCUT2D eigenvalue weighted by molar-refractivity contribution is 0.0988. The molecule has 0 aliphatic carbocycles. The molecule has 1 aromatic rings. The maximum Gasteiger partial charge on any atom is 0.162 e. The summed E-state index contributed by atoms with van der Waals surface area (Å²) >= 11 is 0. The van der Waals surface area contributed by atoms with Crippen LogP contribution in [0.4, 0.5) is 5.69 Å². The Morgan fingerprint density at radius 3 is 2.85 bits per heavy atom. The van der Waals surface area contributed by atoms with Crippen molar-refractivity contribution in [2.24, 2.45) is 0 Å². The standard InChI is InChI=1S/C11H13NO/c1-3-8-7-9(11(13)4-2)5-6-10(8)12/h3,5-7H,1,4,12H2,2H3. The summed E-state index contributed by atoms with van der Waals surface area (Å²) in [6.45, 7) is 5.47. The van der Waals surface area contributed by atoms with E-state index in [1.54, 1.807) is 24.3 Å². The number of Topliss-reactive ketones (excluding diaryl/α,β-unsaturated/α-hetero) is 1. The van der Waals surface area contributed by atoms with E-state index in [1.807, 2.05) is 6.92 Å². The summed E-state index contributed by atoms with van der Waals surface area (Å²) in [4.78, 5) is 11.3. The monoisotopic (exact) mass is 175 g/mol. The number of nitrogens with two attached hydrogens (primary N) is 1. The van der Waals surface area contributed by atoms with E-state index in [1.165, 1.54) is 0 Å². The number of nitrogen functional groups attached to an aromatic ring is 1. The lowest BCUT2D eigenvalue weighted by Gasteiger charge is -2.02. The molecule has 0 radical (unpaired) electrons. The van der Waals surface area contributed by atoms with Gasteiger partial charge >= 0.3 is 0 Å². The SMILES string of the molecule is C=Cc1cc(C(=O)CC)ccc1N. The maximum atomic E-state index is 11.3. The quantitative estimate of drug-likeness (QED) is 0.566. The molecule has 0 unspecified atom stereocenters. The Labute approximate surface area is 78.1 Å². The Morgan fingerprint density at radius 1 is 1.62 bits per heavy atom. The highest BCUT2D eigenvalue weighted by atomic mass is 16.1. The molecule has 1 rings (SSSR count). The molecule has 1 aromatic carbocycles. The minimum Gasteiger partial charge on any atom is -0.398 e. The van der Waals surface area contributed by atoms with E-state index >= 15 is 0 Å². The van der Waals surface area contributed by atoms with Gasteiger partial charge < -0.3 is 5.73 Å². The molecule has 0 saturated heterocycles. The fourth-order valence-corrected chi connectivity index (χ4v) is 1.13. The Morgan fingerprint density at radius 2 is 2.31 bits per heavy atom. The average molecular weight is 175 g/mol. The van der Waals surface area contributed by atoms with Crippen LogP contribution in [0.3, 0.4) is 0 Å². The van der Waals surface area contributed by atoms with E-state index in [9.17, 15) is 4.79 Å². The van der Waals surface area contributed by atoms with Crippen molar-refractivity contribution in [1.82, 2.24) is 0 Å². The number of ketones is 1. The van der Waals surface area contributed by atoms with Crippen LogP contribution in [-0.2, 0) is 0 Å². The summed E-state index contributed by atoms with van der Waals surface area (Å²) in [6.07, 6.45) is 2.17. The molecule has 0 aliphatic heterocycles. The number of anilines is 1. The van der Waals surface area contributed by atoms with Crippen molar-refractivity contribution in [1.29, 1.82) is 0 Å². The van der Waals surface area contributed by atoms with Crippen LogP contribution < -0.4 is 5.73 Å². The van der Waals surface area contributed by atoms with Crippen molar-refractivity contribution in [3.8, 4) is 0 Å². The smallest absolute Gasteiger partial charge is 0.162 e. The molecule has 0 amide bonds. The topological polar surface area (TPSA) is 43.1 Å². The lowest BCUT2D eigenvalue weighted by Crippen LogP contribution is -1.98. The number of hydrogen-bond donors (Lipinski definition) is 1. The molecule has 0 atom stereocenters. The first-order valence-corrected chi connectivity index (χ1v) is 4.24. The molecule has 68 valence electrons. The first kappa shape index (κ1) is 9.52.